The maximum Gasteiger partial charge on any atom is 0.154 e. The second kappa shape index (κ2) is 8.47. The van der Waals surface area contributed by atoms with E-state index in [1.54, 1.807) is 7.11 Å². The van der Waals surface area contributed by atoms with Crippen LogP contribution in [0.1, 0.15) is 35.9 Å². The summed E-state index contributed by atoms with van der Waals surface area (Å²) in [6.45, 7) is 4.15. The van der Waals surface area contributed by atoms with Crippen LogP contribution in [0.5, 0.6) is 5.75 Å². The number of β-amino-alcohol motifs (C(OH)–C–C–N with tert-alkyl or cyclic N) is 1. The lowest BCUT2D eigenvalue weighted by Crippen LogP contribution is -2.34. The van der Waals surface area contributed by atoms with Crippen LogP contribution in [0.15, 0.2) is 34.9 Å². The van der Waals surface area contributed by atoms with Crippen molar-refractivity contribution in [1.82, 2.24) is 10.1 Å². The van der Waals surface area contributed by atoms with Crippen LogP contribution in [0.4, 0.5) is 0 Å². The molecule has 25 heavy (non-hydrogen) atoms. The van der Waals surface area contributed by atoms with Crippen molar-refractivity contribution in [3.63, 3.8) is 0 Å². The van der Waals surface area contributed by atoms with Crippen LogP contribution in [0.25, 0.3) is 0 Å². The Hall–Kier alpha value is -1.89. The van der Waals surface area contributed by atoms with Gasteiger partial charge in [-0.2, -0.15) is 0 Å². The van der Waals surface area contributed by atoms with Crippen LogP contribution in [-0.2, 0) is 11.3 Å². The summed E-state index contributed by atoms with van der Waals surface area (Å²) in [5, 5.41) is 14.3. The van der Waals surface area contributed by atoms with Crippen LogP contribution in [0.2, 0.25) is 0 Å². The lowest BCUT2D eigenvalue weighted by Gasteiger charge is -2.25. The SMILES string of the molecule is COc1ccccc1COC[C@H](O)CN1CCC[C@H]1c1cc(C)no1. The number of rotatable bonds is 8. The van der Waals surface area contributed by atoms with Gasteiger partial charge in [-0.3, -0.25) is 4.90 Å². The molecule has 1 aliphatic rings. The van der Waals surface area contributed by atoms with E-state index >= 15 is 0 Å². The fourth-order valence-electron chi connectivity index (χ4n) is 3.36. The van der Waals surface area contributed by atoms with E-state index < -0.39 is 6.10 Å². The minimum Gasteiger partial charge on any atom is -0.496 e. The Kier molecular flexibility index (Phi) is 6.07. The number of methoxy groups -OCH3 is 1. The molecule has 0 spiro atoms. The molecule has 0 radical (unpaired) electrons. The number of ether oxygens (including phenoxy) is 2. The minimum atomic E-state index is -0.542. The highest BCUT2D eigenvalue weighted by Crippen LogP contribution is 2.32. The summed E-state index contributed by atoms with van der Waals surface area (Å²) in [6.07, 6.45) is 1.59. The van der Waals surface area contributed by atoms with Crippen molar-refractivity contribution in [2.45, 2.75) is 38.5 Å². The predicted molar refractivity (Wildman–Crippen MR) is 93.4 cm³/mol. The van der Waals surface area contributed by atoms with E-state index in [0.29, 0.717) is 13.2 Å². The van der Waals surface area contributed by atoms with E-state index in [-0.39, 0.29) is 12.6 Å². The quantitative estimate of drug-likeness (QED) is 0.793. The Balaban J connectivity index is 1.48. The molecule has 0 amide bonds. The average molecular weight is 346 g/mol. The van der Waals surface area contributed by atoms with Crippen LogP contribution in [0, 0.1) is 6.92 Å². The van der Waals surface area contributed by atoms with Crippen molar-refractivity contribution >= 4 is 0 Å². The van der Waals surface area contributed by atoms with Gasteiger partial charge in [0.05, 0.1) is 38.2 Å². The zero-order valence-corrected chi connectivity index (χ0v) is 14.9. The number of hydrogen-bond acceptors (Lipinski definition) is 6. The Morgan fingerprint density at radius 3 is 3.00 bits per heavy atom. The topological polar surface area (TPSA) is 68.0 Å². The monoisotopic (exact) mass is 346 g/mol. The zero-order valence-electron chi connectivity index (χ0n) is 14.9. The average Bonchev–Trinajstić information content (AvgIpc) is 3.24. The van der Waals surface area contributed by atoms with E-state index in [4.69, 9.17) is 14.0 Å². The first kappa shape index (κ1) is 17.9. The molecular weight excluding hydrogens is 320 g/mol. The fourth-order valence-corrected chi connectivity index (χ4v) is 3.36. The second-order valence-electron chi connectivity index (χ2n) is 6.50. The summed E-state index contributed by atoms with van der Waals surface area (Å²) in [7, 11) is 1.65. The van der Waals surface area contributed by atoms with Crippen molar-refractivity contribution < 1.29 is 19.1 Å². The molecule has 0 bridgehead atoms. The summed E-state index contributed by atoms with van der Waals surface area (Å²) in [4.78, 5) is 2.25. The molecule has 1 N–H and O–H groups in total. The van der Waals surface area contributed by atoms with Gasteiger partial charge in [0, 0.05) is 18.2 Å². The summed E-state index contributed by atoms with van der Waals surface area (Å²) < 4.78 is 16.4. The third-order valence-electron chi connectivity index (χ3n) is 4.54. The molecule has 0 aliphatic carbocycles. The minimum absolute atomic E-state index is 0.199. The van der Waals surface area contributed by atoms with Gasteiger partial charge in [-0.05, 0) is 32.4 Å². The van der Waals surface area contributed by atoms with Gasteiger partial charge in [-0.1, -0.05) is 23.4 Å². The van der Waals surface area contributed by atoms with Gasteiger partial charge in [0.15, 0.2) is 5.76 Å². The number of aliphatic hydroxyl groups is 1. The molecule has 1 fully saturated rings. The number of nitrogens with zero attached hydrogens (tertiary/aromatic N) is 2. The molecule has 1 aromatic carbocycles. The zero-order chi connectivity index (χ0) is 17.6. The number of aryl methyl sites for hydroxylation is 1. The molecule has 3 rings (SSSR count). The molecule has 0 unspecified atom stereocenters. The molecule has 6 nitrogen and oxygen atoms in total. The largest absolute Gasteiger partial charge is 0.496 e. The van der Waals surface area contributed by atoms with E-state index in [1.165, 1.54) is 0 Å². The van der Waals surface area contributed by atoms with Gasteiger partial charge in [0.25, 0.3) is 0 Å². The molecule has 2 aromatic rings. The van der Waals surface area contributed by atoms with Gasteiger partial charge < -0.3 is 19.1 Å². The van der Waals surface area contributed by atoms with Crippen molar-refractivity contribution in [1.29, 1.82) is 0 Å². The first-order valence-electron chi connectivity index (χ1n) is 8.72. The third kappa shape index (κ3) is 4.60. The predicted octanol–water partition coefficient (Wildman–Crippen LogP) is 2.71. The number of para-hydroxylation sites is 1. The van der Waals surface area contributed by atoms with Gasteiger partial charge in [-0.15, -0.1) is 0 Å². The second-order valence-corrected chi connectivity index (χ2v) is 6.50. The van der Waals surface area contributed by atoms with Gasteiger partial charge >= 0.3 is 0 Å². The van der Waals surface area contributed by atoms with E-state index in [2.05, 4.69) is 10.1 Å². The standard InChI is InChI=1S/C19H26N2O4/c1-14-10-19(25-20-14)17-7-5-9-21(17)11-16(22)13-24-12-15-6-3-4-8-18(15)23-2/h3-4,6,8,10,16-17,22H,5,7,9,11-13H2,1-2H3/t16-,17+/m1/s1. The highest BCUT2D eigenvalue weighted by Gasteiger charge is 2.30. The van der Waals surface area contributed by atoms with Gasteiger partial charge in [0.1, 0.15) is 5.75 Å². The summed E-state index contributed by atoms with van der Waals surface area (Å²) >= 11 is 0. The lowest BCUT2D eigenvalue weighted by molar-refractivity contribution is 0.00568. The molecular formula is C19H26N2O4. The van der Waals surface area contributed by atoms with Crippen LogP contribution in [0.3, 0.4) is 0 Å². The highest BCUT2D eigenvalue weighted by atomic mass is 16.5. The number of hydrogen-bond donors (Lipinski definition) is 1. The molecule has 1 aliphatic heterocycles. The molecule has 0 saturated carbocycles. The summed E-state index contributed by atoms with van der Waals surface area (Å²) in [5.41, 5.74) is 1.87. The number of benzene rings is 1. The maximum absolute atomic E-state index is 10.3. The maximum atomic E-state index is 10.3. The lowest BCUT2D eigenvalue weighted by atomic mass is 10.1. The van der Waals surface area contributed by atoms with Crippen molar-refractivity contribution in [3.05, 3.63) is 47.3 Å². The highest BCUT2D eigenvalue weighted by molar-refractivity contribution is 5.32. The number of aliphatic hydroxyl groups excluding tert-OH is 1. The molecule has 2 heterocycles. The van der Waals surface area contributed by atoms with Crippen LogP contribution >= 0.6 is 0 Å². The smallest absolute Gasteiger partial charge is 0.154 e. The van der Waals surface area contributed by atoms with E-state index in [0.717, 1.165) is 42.2 Å². The summed E-state index contributed by atoms with van der Waals surface area (Å²) in [5.74, 6) is 1.69. The first-order chi connectivity index (χ1) is 12.2. The molecule has 2 atom stereocenters. The van der Waals surface area contributed by atoms with Gasteiger partial charge in [0.2, 0.25) is 0 Å². The number of aromatic nitrogens is 1. The third-order valence-corrected chi connectivity index (χ3v) is 4.54. The fraction of sp³-hybridized carbons (Fsp3) is 0.526. The molecule has 1 aromatic heterocycles. The first-order valence-corrected chi connectivity index (χ1v) is 8.72. The Morgan fingerprint density at radius 2 is 2.24 bits per heavy atom. The van der Waals surface area contributed by atoms with Gasteiger partial charge in [-0.25, -0.2) is 0 Å². The molecule has 136 valence electrons. The molecule has 6 heteroatoms. The van der Waals surface area contributed by atoms with E-state index in [9.17, 15) is 5.11 Å². The Morgan fingerprint density at radius 1 is 1.40 bits per heavy atom. The number of likely N-dealkylation sites (tertiary alicyclic amines) is 1. The van der Waals surface area contributed by atoms with Crippen LogP contribution < -0.4 is 4.74 Å². The molecule has 1 saturated heterocycles. The van der Waals surface area contributed by atoms with Crippen molar-refractivity contribution in [2.24, 2.45) is 0 Å². The van der Waals surface area contributed by atoms with Crippen molar-refractivity contribution in [3.8, 4) is 5.75 Å². The van der Waals surface area contributed by atoms with Crippen LogP contribution in [-0.4, -0.2) is 48.1 Å². The van der Waals surface area contributed by atoms with E-state index in [1.807, 2.05) is 37.3 Å². The Labute approximate surface area is 148 Å². The normalized spacial score (nSPS) is 19.2. The van der Waals surface area contributed by atoms with Crippen molar-refractivity contribution in [2.75, 3.05) is 26.8 Å². The summed E-state index contributed by atoms with van der Waals surface area (Å²) in [6, 6.07) is 9.93. The Bertz CT molecular complexity index is 673.